The van der Waals surface area contributed by atoms with Gasteiger partial charge in [-0.15, -0.1) is 0 Å². The number of likely N-dealkylation sites (tertiary alicyclic amines) is 1. The van der Waals surface area contributed by atoms with Gasteiger partial charge in [0.1, 0.15) is 6.04 Å². The molecule has 0 bridgehead atoms. The van der Waals surface area contributed by atoms with Gasteiger partial charge in [-0.1, -0.05) is 30.3 Å². The van der Waals surface area contributed by atoms with Crippen molar-refractivity contribution in [1.29, 1.82) is 0 Å². The van der Waals surface area contributed by atoms with Crippen molar-refractivity contribution in [2.45, 2.75) is 24.9 Å². The summed E-state index contributed by atoms with van der Waals surface area (Å²) in [4.78, 5) is 16.9. The zero-order valence-electron chi connectivity index (χ0n) is 12.7. The molecule has 1 aromatic carbocycles. The van der Waals surface area contributed by atoms with E-state index in [0.29, 0.717) is 6.04 Å². The summed E-state index contributed by atoms with van der Waals surface area (Å²) in [6, 6.07) is 10.3. The van der Waals surface area contributed by atoms with Gasteiger partial charge in [0.25, 0.3) is 0 Å². The van der Waals surface area contributed by atoms with E-state index in [1.165, 1.54) is 0 Å². The first kappa shape index (κ1) is 15.0. The van der Waals surface area contributed by atoms with Crippen LogP contribution in [0.2, 0.25) is 0 Å². The lowest BCUT2D eigenvalue weighted by Gasteiger charge is -2.36. The number of piperidine rings is 1. The summed E-state index contributed by atoms with van der Waals surface area (Å²) >= 11 is 0. The van der Waals surface area contributed by atoms with Crippen molar-refractivity contribution in [3.63, 3.8) is 0 Å². The van der Waals surface area contributed by atoms with E-state index in [9.17, 15) is 4.79 Å². The fourth-order valence-corrected chi connectivity index (χ4v) is 2.88. The number of benzene rings is 1. The molecule has 1 fully saturated rings. The quantitative estimate of drug-likeness (QED) is 0.904. The second kappa shape index (κ2) is 6.86. The van der Waals surface area contributed by atoms with Gasteiger partial charge < -0.3 is 10.2 Å². The predicted molar refractivity (Wildman–Crippen MR) is 81.5 cm³/mol. The van der Waals surface area contributed by atoms with Crippen molar-refractivity contribution >= 4 is 5.91 Å². The predicted octanol–water partition coefficient (Wildman–Crippen LogP) is 1.50. The number of carbonyl (C=O) groups excluding carboxylic acids is 1. The molecule has 0 spiro atoms. The number of nitrogens with one attached hydrogen (secondary N) is 1. The Morgan fingerprint density at radius 1 is 1.35 bits per heavy atom. The molecule has 1 aliphatic heterocycles. The summed E-state index contributed by atoms with van der Waals surface area (Å²) in [6.45, 7) is 1.68. The van der Waals surface area contributed by atoms with Crippen LogP contribution in [0.4, 0.5) is 0 Å². The molecule has 1 saturated heterocycles. The number of carbonyl (C=O) groups is 1. The van der Waals surface area contributed by atoms with Crippen molar-refractivity contribution in [1.82, 2.24) is 15.1 Å². The molecule has 4 heteroatoms. The third-order valence-electron chi connectivity index (χ3n) is 4.01. The maximum atomic E-state index is 12.9. The van der Waals surface area contributed by atoms with Crippen LogP contribution in [0, 0.1) is 0 Å². The Labute approximate surface area is 121 Å². The molecule has 2 rings (SSSR count). The maximum Gasteiger partial charge on any atom is 0.244 e. The van der Waals surface area contributed by atoms with Crippen LogP contribution in [0.3, 0.4) is 0 Å². The number of hydrogen-bond acceptors (Lipinski definition) is 3. The molecular formula is C16H25N3O. The molecule has 1 N–H and O–H groups in total. The summed E-state index contributed by atoms with van der Waals surface area (Å²) in [5, 5.41) is 3.29. The van der Waals surface area contributed by atoms with Crippen molar-refractivity contribution in [3.05, 3.63) is 35.9 Å². The molecule has 0 aliphatic carbocycles. The molecule has 2 atom stereocenters. The fourth-order valence-electron chi connectivity index (χ4n) is 2.88. The molecular weight excluding hydrogens is 250 g/mol. The number of amides is 1. The largest absolute Gasteiger partial charge is 0.339 e. The normalized spacial score (nSPS) is 21.0. The molecule has 0 aromatic heterocycles. The Balaban J connectivity index is 2.15. The molecule has 1 aromatic rings. The molecule has 4 nitrogen and oxygen atoms in total. The van der Waals surface area contributed by atoms with Crippen LogP contribution in [0.1, 0.15) is 24.4 Å². The lowest BCUT2D eigenvalue weighted by Crippen LogP contribution is -2.50. The lowest BCUT2D eigenvalue weighted by atomic mass is 10.0. The standard InChI is InChI=1S/C16H25N3O/c1-17-14-10-7-11-19(12-14)16(20)15(18(2)3)13-8-5-4-6-9-13/h4-6,8-9,14-15,17H,7,10-12H2,1-3H3. The Morgan fingerprint density at radius 3 is 2.65 bits per heavy atom. The summed E-state index contributed by atoms with van der Waals surface area (Å²) in [5.74, 6) is 0.209. The van der Waals surface area contributed by atoms with Gasteiger partial charge in [-0.25, -0.2) is 0 Å². The third-order valence-corrected chi connectivity index (χ3v) is 4.01. The molecule has 1 amide bonds. The molecule has 0 radical (unpaired) electrons. The first-order valence-corrected chi connectivity index (χ1v) is 7.31. The van der Waals surface area contributed by atoms with Gasteiger partial charge in [0.2, 0.25) is 5.91 Å². The first-order valence-electron chi connectivity index (χ1n) is 7.31. The van der Waals surface area contributed by atoms with Gasteiger partial charge >= 0.3 is 0 Å². The molecule has 1 aliphatic rings. The average Bonchev–Trinajstić information content (AvgIpc) is 2.48. The highest BCUT2D eigenvalue weighted by Crippen LogP contribution is 2.22. The van der Waals surface area contributed by atoms with Gasteiger partial charge in [-0.05, 0) is 39.5 Å². The zero-order valence-corrected chi connectivity index (χ0v) is 12.7. The molecule has 20 heavy (non-hydrogen) atoms. The number of rotatable bonds is 4. The Bertz CT molecular complexity index is 433. The van der Waals surface area contributed by atoms with Crippen LogP contribution < -0.4 is 5.32 Å². The van der Waals surface area contributed by atoms with E-state index in [0.717, 1.165) is 31.5 Å². The van der Waals surface area contributed by atoms with Crippen LogP contribution in [0.25, 0.3) is 0 Å². The van der Waals surface area contributed by atoms with E-state index < -0.39 is 0 Å². The van der Waals surface area contributed by atoms with Crippen LogP contribution in [-0.2, 0) is 4.79 Å². The van der Waals surface area contributed by atoms with Gasteiger partial charge in [0.05, 0.1) is 0 Å². The Kier molecular flexibility index (Phi) is 5.15. The lowest BCUT2D eigenvalue weighted by molar-refractivity contribution is -0.137. The summed E-state index contributed by atoms with van der Waals surface area (Å²) < 4.78 is 0. The van der Waals surface area contributed by atoms with Gasteiger partial charge in [-0.3, -0.25) is 9.69 Å². The van der Waals surface area contributed by atoms with E-state index in [1.807, 2.05) is 61.3 Å². The summed E-state index contributed by atoms with van der Waals surface area (Å²) in [7, 11) is 5.91. The minimum atomic E-state index is -0.188. The zero-order chi connectivity index (χ0) is 14.5. The summed E-state index contributed by atoms with van der Waals surface area (Å²) in [6.07, 6.45) is 2.23. The first-order chi connectivity index (χ1) is 9.63. The minimum Gasteiger partial charge on any atom is -0.339 e. The third kappa shape index (κ3) is 3.38. The fraction of sp³-hybridized carbons (Fsp3) is 0.562. The molecule has 110 valence electrons. The topological polar surface area (TPSA) is 35.6 Å². The Morgan fingerprint density at radius 2 is 2.05 bits per heavy atom. The summed E-state index contributed by atoms with van der Waals surface area (Å²) in [5.41, 5.74) is 1.06. The monoisotopic (exact) mass is 275 g/mol. The van der Waals surface area contributed by atoms with Crippen molar-refractivity contribution in [2.75, 3.05) is 34.2 Å². The van der Waals surface area contributed by atoms with Crippen molar-refractivity contribution in [3.8, 4) is 0 Å². The van der Waals surface area contributed by atoms with E-state index in [-0.39, 0.29) is 11.9 Å². The molecule has 2 unspecified atom stereocenters. The van der Waals surface area contributed by atoms with Crippen molar-refractivity contribution < 1.29 is 4.79 Å². The van der Waals surface area contributed by atoms with Gasteiger partial charge in [0, 0.05) is 19.1 Å². The number of nitrogens with zero attached hydrogens (tertiary/aromatic N) is 2. The second-order valence-electron chi connectivity index (χ2n) is 5.69. The SMILES string of the molecule is CNC1CCCN(C(=O)C(c2ccccc2)N(C)C)C1. The highest BCUT2D eigenvalue weighted by molar-refractivity contribution is 5.83. The van der Waals surface area contributed by atoms with Crippen molar-refractivity contribution in [2.24, 2.45) is 0 Å². The van der Waals surface area contributed by atoms with Gasteiger partial charge in [-0.2, -0.15) is 0 Å². The highest BCUT2D eigenvalue weighted by atomic mass is 16.2. The Hall–Kier alpha value is -1.39. The molecule has 0 saturated carbocycles. The highest BCUT2D eigenvalue weighted by Gasteiger charge is 2.30. The minimum absolute atomic E-state index is 0.188. The van der Waals surface area contributed by atoms with Crippen LogP contribution in [0.15, 0.2) is 30.3 Å². The number of hydrogen-bond donors (Lipinski definition) is 1. The van der Waals surface area contributed by atoms with Gasteiger partial charge in [0.15, 0.2) is 0 Å². The number of likely N-dealkylation sites (N-methyl/N-ethyl adjacent to an activating group) is 2. The maximum absolute atomic E-state index is 12.9. The van der Waals surface area contributed by atoms with Crippen LogP contribution in [0.5, 0.6) is 0 Å². The molecule has 1 heterocycles. The van der Waals surface area contributed by atoms with Crippen LogP contribution in [-0.4, -0.2) is 56.0 Å². The van der Waals surface area contributed by atoms with E-state index >= 15 is 0 Å². The average molecular weight is 275 g/mol. The second-order valence-corrected chi connectivity index (χ2v) is 5.69. The van der Waals surface area contributed by atoms with E-state index in [1.54, 1.807) is 0 Å². The smallest absolute Gasteiger partial charge is 0.244 e. The van der Waals surface area contributed by atoms with E-state index in [2.05, 4.69) is 5.32 Å². The van der Waals surface area contributed by atoms with E-state index in [4.69, 9.17) is 0 Å². The van der Waals surface area contributed by atoms with Crippen LogP contribution >= 0.6 is 0 Å².